The van der Waals surface area contributed by atoms with Crippen molar-refractivity contribution in [1.29, 1.82) is 0 Å². The van der Waals surface area contributed by atoms with Gasteiger partial charge in [-0.3, -0.25) is 9.59 Å². The zero-order valence-corrected chi connectivity index (χ0v) is 16.5. The summed E-state index contributed by atoms with van der Waals surface area (Å²) in [5, 5.41) is 14.5. The molecule has 2 amide bonds. The second-order valence-electron chi connectivity index (χ2n) is 6.21. The first-order valence-electron chi connectivity index (χ1n) is 8.74. The van der Waals surface area contributed by atoms with Gasteiger partial charge in [-0.05, 0) is 31.2 Å². The van der Waals surface area contributed by atoms with E-state index in [-0.39, 0.29) is 24.1 Å². The minimum Gasteiger partial charge on any atom is -0.345 e. The molecule has 0 unspecified atom stereocenters. The Hall–Kier alpha value is -3.13. The zero-order chi connectivity index (χ0) is 19.9. The highest BCUT2D eigenvalue weighted by Crippen LogP contribution is 2.16. The summed E-state index contributed by atoms with van der Waals surface area (Å²) < 4.78 is 1.77. The van der Waals surface area contributed by atoms with E-state index in [1.807, 2.05) is 56.4 Å². The molecular weight excluding hydrogens is 374 g/mol. The van der Waals surface area contributed by atoms with Gasteiger partial charge in [0.15, 0.2) is 11.0 Å². The van der Waals surface area contributed by atoms with Crippen molar-refractivity contribution >= 4 is 29.3 Å². The van der Waals surface area contributed by atoms with Gasteiger partial charge in [0.05, 0.1) is 12.3 Å². The average Bonchev–Trinajstić information content (AvgIpc) is 3.06. The highest BCUT2D eigenvalue weighted by atomic mass is 32.2. The lowest BCUT2D eigenvalue weighted by Crippen LogP contribution is -2.24. The lowest BCUT2D eigenvalue weighted by molar-refractivity contribution is -0.113. The van der Waals surface area contributed by atoms with Gasteiger partial charge in [-0.25, -0.2) is 0 Å². The van der Waals surface area contributed by atoms with Crippen LogP contribution in [0.5, 0.6) is 0 Å². The van der Waals surface area contributed by atoms with Crippen molar-refractivity contribution in [2.24, 2.45) is 7.05 Å². The van der Waals surface area contributed by atoms with Crippen LogP contribution in [0.4, 0.5) is 5.69 Å². The molecule has 0 aliphatic rings. The van der Waals surface area contributed by atoms with Crippen molar-refractivity contribution in [2.45, 2.75) is 18.6 Å². The molecule has 0 atom stereocenters. The molecule has 0 aliphatic carbocycles. The maximum absolute atomic E-state index is 12.1. The van der Waals surface area contributed by atoms with Crippen molar-refractivity contribution < 1.29 is 9.59 Å². The first kappa shape index (κ1) is 19.6. The number of hydrogen-bond acceptors (Lipinski definition) is 5. The molecule has 0 aliphatic heterocycles. The largest absolute Gasteiger partial charge is 0.345 e. The van der Waals surface area contributed by atoms with E-state index in [0.29, 0.717) is 16.5 Å². The van der Waals surface area contributed by atoms with Crippen molar-refractivity contribution in [3.63, 3.8) is 0 Å². The fourth-order valence-electron chi connectivity index (χ4n) is 2.44. The quantitative estimate of drug-likeness (QED) is 0.601. The van der Waals surface area contributed by atoms with Crippen LogP contribution in [0.15, 0.2) is 59.8 Å². The topological polar surface area (TPSA) is 88.9 Å². The summed E-state index contributed by atoms with van der Waals surface area (Å²) in [5.41, 5.74) is 2.49. The number of benzene rings is 2. The summed E-state index contributed by atoms with van der Waals surface area (Å²) in [5.74, 6) is 0.549. The Morgan fingerprint density at radius 1 is 1.04 bits per heavy atom. The van der Waals surface area contributed by atoms with Crippen LogP contribution < -0.4 is 10.6 Å². The third kappa shape index (κ3) is 5.20. The van der Waals surface area contributed by atoms with E-state index >= 15 is 0 Å². The number of nitrogens with zero attached hydrogens (tertiary/aromatic N) is 3. The molecule has 8 heteroatoms. The average molecular weight is 395 g/mol. The number of hydrogen-bond donors (Lipinski definition) is 2. The zero-order valence-electron chi connectivity index (χ0n) is 15.7. The van der Waals surface area contributed by atoms with Gasteiger partial charge in [0.1, 0.15) is 0 Å². The van der Waals surface area contributed by atoms with Crippen LogP contribution >= 0.6 is 11.8 Å². The number of aryl methyl sites for hydroxylation is 1. The third-order valence-electron chi connectivity index (χ3n) is 4.04. The molecule has 0 bridgehead atoms. The molecule has 28 heavy (non-hydrogen) atoms. The lowest BCUT2D eigenvalue weighted by Gasteiger charge is -2.07. The predicted molar refractivity (Wildman–Crippen MR) is 109 cm³/mol. The van der Waals surface area contributed by atoms with Crippen molar-refractivity contribution in [3.05, 3.63) is 71.5 Å². The van der Waals surface area contributed by atoms with Gasteiger partial charge in [-0.15, -0.1) is 10.2 Å². The number of carbonyl (C=O) groups excluding carboxylic acids is 2. The molecule has 2 aromatic carbocycles. The maximum atomic E-state index is 12.1. The molecule has 0 fully saturated rings. The van der Waals surface area contributed by atoms with Gasteiger partial charge in [0, 0.05) is 18.3 Å². The van der Waals surface area contributed by atoms with Gasteiger partial charge >= 0.3 is 0 Å². The van der Waals surface area contributed by atoms with E-state index in [0.717, 1.165) is 11.3 Å². The highest BCUT2D eigenvalue weighted by molar-refractivity contribution is 7.99. The molecule has 1 heterocycles. The maximum Gasteiger partial charge on any atom is 0.251 e. The van der Waals surface area contributed by atoms with Gasteiger partial charge in [0.2, 0.25) is 5.91 Å². The molecular formula is C20H21N5O2S. The summed E-state index contributed by atoms with van der Waals surface area (Å²) in [6, 6.07) is 16.6. The van der Waals surface area contributed by atoms with E-state index in [1.165, 1.54) is 11.8 Å². The van der Waals surface area contributed by atoms with E-state index in [2.05, 4.69) is 20.8 Å². The minimum atomic E-state index is -0.171. The number of amides is 2. The minimum absolute atomic E-state index is 0.115. The number of anilines is 1. The second-order valence-corrected chi connectivity index (χ2v) is 7.15. The Labute approximate surface area is 167 Å². The van der Waals surface area contributed by atoms with Crippen LogP contribution in [0.3, 0.4) is 0 Å². The van der Waals surface area contributed by atoms with Gasteiger partial charge in [0.25, 0.3) is 5.91 Å². The fourth-order valence-corrected chi connectivity index (χ4v) is 3.17. The van der Waals surface area contributed by atoms with Gasteiger partial charge < -0.3 is 15.2 Å². The Balaban J connectivity index is 1.50. The summed E-state index contributed by atoms with van der Waals surface area (Å²) in [6.45, 7) is 2.25. The van der Waals surface area contributed by atoms with Crippen LogP contribution in [0.25, 0.3) is 0 Å². The standard InChI is InChI=1S/C20H21N5O2S/c1-14-8-10-16(11-9-14)22-18(26)13-28-20-24-23-17(25(20)2)12-21-19(27)15-6-4-3-5-7-15/h3-11H,12-13H2,1-2H3,(H,21,27)(H,22,26). The van der Waals surface area contributed by atoms with E-state index in [1.54, 1.807) is 16.7 Å². The van der Waals surface area contributed by atoms with Crippen molar-refractivity contribution in [2.75, 3.05) is 11.1 Å². The molecule has 3 rings (SSSR count). The summed E-state index contributed by atoms with van der Waals surface area (Å²) in [4.78, 5) is 24.2. The van der Waals surface area contributed by atoms with Crippen molar-refractivity contribution in [1.82, 2.24) is 20.1 Å². The second kappa shape index (κ2) is 9.18. The fraction of sp³-hybridized carbons (Fsp3) is 0.200. The number of carbonyl (C=O) groups is 2. The number of thioether (sulfide) groups is 1. The third-order valence-corrected chi connectivity index (χ3v) is 5.06. The Morgan fingerprint density at radius 3 is 2.46 bits per heavy atom. The van der Waals surface area contributed by atoms with Crippen molar-refractivity contribution in [3.8, 4) is 0 Å². The molecule has 0 spiro atoms. The molecule has 1 aromatic heterocycles. The molecule has 0 radical (unpaired) electrons. The molecule has 2 N–H and O–H groups in total. The van der Waals surface area contributed by atoms with E-state index in [9.17, 15) is 9.59 Å². The van der Waals surface area contributed by atoms with Crippen LogP contribution in [0, 0.1) is 6.92 Å². The number of aromatic nitrogens is 3. The molecule has 0 saturated carbocycles. The van der Waals surface area contributed by atoms with Crippen LogP contribution in [0.1, 0.15) is 21.7 Å². The Bertz CT molecular complexity index is 954. The Morgan fingerprint density at radius 2 is 1.75 bits per heavy atom. The molecule has 144 valence electrons. The van der Waals surface area contributed by atoms with Crippen LogP contribution in [-0.4, -0.2) is 32.3 Å². The van der Waals surface area contributed by atoms with Gasteiger partial charge in [-0.1, -0.05) is 47.7 Å². The molecule has 7 nitrogen and oxygen atoms in total. The number of rotatable bonds is 7. The normalized spacial score (nSPS) is 10.5. The molecule has 3 aromatic rings. The SMILES string of the molecule is Cc1ccc(NC(=O)CSc2nnc(CNC(=O)c3ccccc3)n2C)cc1. The van der Waals surface area contributed by atoms with Crippen LogP contribution in [0.2, 0.25) is 0 Å². The Kier molecular flexibility index (Phi) is 6.44. The summed E-state index contributed by atoms with van der Waals surface area (Å²) in [6.07, 6.45) is 0. The number of nitrogens with one attached hydrogen (secondary N) is 2. The lowest BCUT2D eigenvalue weighted by atomic mass is 10.2. The first-order valence-corrected chi connectivity index (χ1v) is 9.72. The first-order chi connectivity index (χ1) is 13.5. The molecule has 0 saturated heterocycles. The summed E-state index contributed by atoms with van der Waals surface area (Å²) >= 11 is 1.29. The van der Waals surface area contributed by atoms with E-state index < -0.39 is 0 Å². The van der Waals surface area contributed by atoms with Crippen LogP contribution in [-0.2, 0) is 18.4 Å². The smallest absolute Gasteiger partial charge is 0.251 e. The summed E-state index contributed by atoms with van der Waals surface area (Å²) in [7, 11) is 1.81. The highest BCUT2D eigenvalue weighted by Gasteiger charge is 2.13. The predicted octanol–water partition coefficient (Wildman–Crippen LogP) is 2.78. The van der Waals surface area contributed by atoms with E-state index in [4.69, 9.17) is 0 Å². The monoisotopic (exact) mass is 395 g/mol. The van der Waals surface area contributed by atoms with Gasteiger partial charge in [-0.2, -0.15) is 0 Å².